The van der Waals surface area contributed by atoms with Crippen molar-refractivity contribution in [1.82, 2.24) is 14.4 Å². The first-order chi connectivity index (χ1) is 15.9. The van der Waals surface area contributed by atoms with Crippen molar-refractivity contribution in [2.24, 2.45) is 0 Å². The van der Waals surface area contributed by atoms with Crippen LogP contribution >= 0.6 is 11.3 Å². The predicted molar refractivity (Wildman–Crippen MR) is 125 cm³/mol. The van der Waals surface area contributed by atoms with Gasteiger partial charge in [0, 0.05) is 36.6 Å². The van der Waals surface area contributed by atoms with Crippen molar-refractivity contribution >= 4 is 27.0 Å². The number of halogens is 1. The summed E-state index contributed by atoms with van der Waals surface area (Å²) in [6.07, 6.45) is 0. The second-order valence-electron chi connectivity index (χ2n) is 7.66. The van der Waals surface area contributed by atoms with E-state index in [1.54, 1.807) is 31.2 Å². The zero-order valence-corrected chi connectivity index (χ0v) is 19.4. The van der Waals surface area contributed by atoms with Gasteiger partial charge in [-0.15, -0.1) is 11.3 Å². The number of anilines is 1. The Labute approximate surface area is 195 Å². The molecule has 0 unspecified atom stereocenters. The lowest BCUT2D eigenvalue weighted by atomic mass is 10.2. The van der Waals surface area contributed by atoms with E-state index in [1.165, 1.54) is 21.7 Å². The molecule has 10 heteroatoms. The molecule has 0 radical (unpaired) electrons. The number of hydrogen-bond acceptors (Lipinski definition) is 7. The maximum absolute atomic E-state index is 14.1. The number of para-hydroxylation sites is 1. The number of hydrogen-bond donors (Lipinski definition) is 0. The normalized spacial score (nSPS) is 15.2. The topological polar surface area (TPSA) is 79.5 Å². The van der Waals surface area contributed by atoms with E-state index in [-0.39, 0.29) is 29.7 Å². The molecule has 2 aromatic carbocycles. The van der Waals surface area contributed by atoms with Crippen molar-refractivity contribution in [3.63, 3.8) is 0 Å². The molecule has 0 bridgehead atoms. The van der Waals surface area contributed by atoms with Crippen LogP contribution in [0.25, 0.3) is 22.2 Å². The zero-order chi connectivity index (χ0) is 23.0. The quantitative estimate of drug-likeness (QED) is 0.417. The van der Waals surface area contributed by atoms with Crippen LogP contribution in [0.5, 0.6) is 0 Å². The largest absolute Gasteiger partial charge is 0.367 e. The molecule has 0 aliphatic carbocycles. The van der Waals surface area contributed by atoms with Crippen LogP contribution in [0, 0.1) is 12.7 Å². The third kappa shape index (κ3) is 4.17. The minimum Gasteiger partial charge on any atom is -0.367 e. The molecule has 33 heavy (non-hydrogen) atoms. The Morgan fingerprint density at radius 2 is 1.70 bits per heavy atom. The van der Waals surface area contributed by atoms with Gasteiger partial charge in [-0.3, -0.25) is 0 Å². The number of sulfonamides is 1. The van der Waals surface area contributed by atoms with Gasteiger partial charge in [0.1, 0.15) is 5.82 Å². The first-order valence-electron chi connectivity index (χ1n) is 10.4. The first-order valence-corrected chi connectivity index (χ1v) is 12.7. The van der Waals surface area contributed by atoms with Crippen LogP contribution in [0.2, 0.25) is 0 Å². The second-order valence-corrected chi connectivity index (χ2v) is 10.8. The molecule has 170 valence electrons. The van der Waals surface area contributed by atoms with Crippen molar-refractivity contribution in [3.8, 4) is 22.2 Å². The Hall–Kier alpha value is -3.08. The van der Waals surface area contributed by atoms with E-state index < -0.39 is 10.0 Å². The van der Waals surface area contributed by atoms with Crippen LogP contribution in [-0.4, -0.2) is 49.0 Å². The van der Waals surface area contributed by atoms with Gasteiger partial charge in [-0.1, -0.05) is 47.6 Å². The molecule has 7 nitrogen and oxygen atoms in total. The molecule has 2 aromatic heterocycles. The first kappa shape index (κ1) is 21.7. The number of aromatic nitrogens is 2. The molecular weight excluding hydrogens is 463 g/mol. The summed E-state index contributed by atoms with van der Waals surface area (Å²) in [5.74, 6) is 0.430. The van der Waals surface area contributed by atoms with E-state index >= 15 is 0 Å². The summed E-state index contributed by atoms with van der Waals surface area (Å²) in [5, 5.41) is 4.02. The molecule has 3 heterocycles. The third-order valence-corrected chi connectivity index (χ3v) is 8.78. The zero-order valence-electron chi connectivity index (χ0n) is 17.8. The van der Waals surface area contributed by atoms with Crippen LogP contribution in [0.3, 0.4) is 0 Å². The van der Waals surface area contributed by atoms with E-state index in [9.17, 15) is 12.8 Å². The van der Waals surface area contributed by atoms with E-state index in [1.807, 2.05) is 35.2 Å². The lowest BCUT2D eigenvalue weighted by molar-refractivity contribution is 0.383. The molecule has 0 N–H and O–H groups in total. The van der Waals surface area contributed by atoms with E-state index in [4.69, 9.17) is 4.52 Å². The molecule has 0 amide bonds. The van der Waals surface area contributed by atoms with Gasteiger partial charge >= 0.3 is 0 Å². The van der Waals surface area contributed by atoms with Crippen molar-refractivity contribution in [1.29, 1.82) is 0 Å². The van der Waals surface area contributed by atoms with Gasteiger partial charge in [-0.2, -0.15) is 9.29 Å². The van der Waals surface area contributed by atoms with Gasteiger partial charge in [-0.05, 0) is 25.1 Å². The van der Waals surface area contributed by atoms with Crippen molar-refractivity contribution in [3.05, 3.63) is 71.4 Å². The van der Waals surface area contributed by atoms with Crippen LogP contribution in [0.1, 0.15) is 4.88 Å². The molecule has 1 aliphatic heterocycles. The highest BCUT2D eigenvalue weighted by Gasteiger charge is 2.32. The molecule has 0 saturated carbocycles. The minimum absolute atomic E-state index is 0.237. The molecule has 1 fully saturated rings. The SMILES string of the molecule is Cc1sc(-c2nc(-c3ccccc3)no2)cc1S(=O)(=O)N1CCN(c2ccccc2F)CC1. The van der Waals surface area contributed by atoms with Gasteiger partial charge in [-0.25, -0.2) is 12.8 Å². The number of benzene rings is 2. The molecular formula is C23H21FN4O3S2. The molecule has 1 aliphatic rings. The molecule has 1 saturated heterocycles. The van der Waals surface area contributed by atoms with Crippen LogP contribution in [0.15, 0.2) is 70.1 Å². The Morgan fingerprint density at radius 1 is 1.00 bits per heavy atom. The lowest BCUT2D eigenvalue weighted by Gasteiger charge is -2.35. The van der Waals surface area contributed by atoms with Crippen LogP contribution in [0.4, 0.5) is 10.1 Å². The summed E-state index contributed by atoms with van der Waals surface area (Å²) in [7, 11) is -3.71. The average Bonchev–Trinajstić information content (AvgIpc) is 3.47. The van der Waals surface area contributed by atoms with Crippen molar-refractivity contribution in [2.45, 2.75) is 11.8 Å². The van der Waals surface area contributed by atoms with Crippen molar-refractivity contribution < 1.29 is 17.3 Å². The summed E-state index contributed by atoms with van der Waals surface area (Å²) >= 11 is 1.30. The number of nitrogens with zero attached hydrogens (tertiary/aromatic N) is 4. The summed E-state index contributed by atoms with van der Waals surface area (Å²) in [6, 6.07) is 17.6. The molecule has 5 rings (SSSR count). The maximum atomic E-state index is 14.1. The summed E-state index contributed by atoms with van der Waals surface area (Å²) < 4.78 is 47.7. The van der Waals surface area contributed by atoms with E-state index in [2.05, 4.69) is 10.1 Å². The highest BCUT2D eigenvalue weighted by molar-refractivity contribution is 7.89. The lowest BCUT2D eigenvalue weighted by Crippen LogP contribution is -2.48. The smallest absolute Gasteiger partial charge is 0.268 e. The highest BCUT2D eigenvalue weighted by Crippen LogP contribution is 2.35. The Bertz CT molecular complexity index is 1380. The van der Waals surface area contributed by atoms with E-state index in [0.717, 1.165) is 5.56 Å². The predicted octanol–water partition coefficient (Wildman–Crippen LogP) is 4.42. The number of aryl methyl sites for hydroxylation is 1. The Balaban J connectivity index is 1.35. The van der Waals surface area contributed by atoms with Gasteiger partial charge < -0.3 is 9.42 Å². The van der Waals surface area contributed by atoms with Crippen molar-refractivity contribution in [2.75, 3.05) is 31.1 Å². The summed E-state index contributed by atoms with van der Waals surface area (Å²) in [4.78, 5) is 7.80. The molecule has 0 spiro atoms. The fourth-order valence-corrected chi connectivity index (χ4v) is 6.78. The summed E-state index contributed by atoms with van der Waals surface area (Å²) in [6.45, 7) is 3.16. The molecule has 4 aromatic rings. The van der Waals surface area contributed by atoms with Crippen LogP contribution in [-0.2, 0) is 10.0 Å². The Morgan fingerprint density at radius 3 is 2.42 bits per heavy atom. The van der Waals surface area contributed by atoms with Crippen LogP contribution < -0.4 is 4.90 Å². The maximum Gasteiger partial charge on any atom is 0.268 e. The fourth-order valence-electron chi connectivity index (χ4n) is 3.87. The van der Waals surface area contributed by atoms with Gasteiger partial charge in [0.25, 0.3) is 5.89 Å². The number of thiophene rings is 1. The number of piperazine rings is 1. The van der Waals surface area contributed by atoms with Gasteiger partial charge in [0.05, 0.1) is 15.5 Å². The highest BCUT2D eigenvalue weighted by atomic mass is 32.2. The average molecular weight is 485 g/mol. The Kier molecular flexibility index (Phi) is 5.73. The van der Waals surface area contributed by atoms with Gasteiger partial charge in [0.2, 0.25) is 15.8 Å². The minimum atomic E-state index is -3.71. The third-order valence-electron chi connectivity index (χ3n) is 5.59. The molecule has 0 atom stereocenters. The number of rotatable bonds is 5. The standard InChI is InChI=1S/C23H21FN4O3S2/c1-16-21(15-20(32-16)23-25-22(26-31-23)17-7-3-2-4-8-17)33(29,30)28-13-11-27(12-14-28)19-10-6-5-9-18(19)24/h2-10,15H,11-14H2,1H3. The fraction of sp³-hybridized carbons (Fsp3) is 0.217. The van der Waals surface area contributed by atoms with Gasteiger partial charge in [0.15, 0.2) is 0 Å². The monoisotopic (exact) mass is 484 g/mol. The second kappa shape index (κ2) is 8.69. The summed E-state index contributed by atoms with van der Waals surface area (Å²) in [5.41, 5.74) is 1.32. The van der Waals surface area contributed by atoms with E-state index in [0.29, 0.717) is 34.4 Å².